The number of pyridine rings is 1. The van der Waals surface area contributed by atoms with Gasteiger partial charge in [-0.1, -0.05) is 37.6 Å². The van der Waals surface area contributed by atoms with E-state index in [1.54, 1.807) is 0 Å². The molecule has 2 aromatic rings. The Morgan fingerprint density at radius 1 is 0.964 bits per heavy atom. The second kappa shape index (κ2) is 7.08. The number of rotatable bonds is 4. The van der Waals surface area contributed by atoms with Crippen LogP contribution in [-0.4, -0.2) is 14.1 Å². The Morgan fingerprint density at radius 2 is 1.75 bits per heavy atom. The molecule has 2 aliphatic heterocycles. The molecule has 0 radical (unpaired) electrons. The molecule has 0 N–H and O–H groups in total. The molecule has 0 atom stereocenters. The number of aromatic nitrogens is 3. The Labute approximate surface area is 163 Å². The van der Waals surface area contributed by atoms with Crippen LogP contribution in [0.1, 0.15) is 30.9 Å². The first-order chi connectivity index (χ1) is 13.5. The number of nitrogens with zero attached hydrogens (tertiary/aromatic N) is 3. The zero-order chi connectivity index (χ0) is 19.8. The fourth-order valence-electron chi connectivity index (χ4n) is 3.56. The van der Waals surface area contributed by atoms with Crippen LogP contribution in [0.25, 0.3) is 28.0 Å². The highest BCUT2D eigenvalue weighted by atomic mass is 16.2. The topological polar surface area (TPSA) is 56.9 Å². The van der Waals surface area contributed by atoms with Crippen molar-refractivity contribution in [3.8, 4) is 17.1 Å². The number of unbranched alkanes of at least 4 members (excludes halogenated alkanes) is 1. The van der Waals surface area contributed by atoms with Crippen LogP contribution in [0.4, 0.5) is 0 Å². The Morgan fingerprint density at radius 3 is 2.50 bits per heavy atom. The van der Waals surface area contributed by atoms with Gasteiger partial charge in [0.2, 0.25) is 0 Å². The first-order valence-electron chi connectivity index (χ1n) is 9.64. The summed E-state index contributed by atoms with van der Waals surface area (Å²) in [6.07, 6.45) is 1.68. The number of aryl methyl sites for hydroxylation is 2. The van der Waals surface area contributed by atoms with Gasteiger partial charge in [0.25, 0.3) is 5.56 Å². The molecule has 5 heteroatoms. The van der Waals surface area contributed by atoms with E-state index in [-0.39, 0.29) is 5.56 Å². The van der Waals surface area contributed by atoms with Gasteiger partial charge in [-0.3, -0.25) is 13.9 Å². The van der Waals surface area contributed by atoms with Crippen molar-refractivity contribution in [2.24, 2.45) is 0 Å². The van der Waals surface area contributed by atoms with E-state index in [1.807, 2.05) is 54.0 Å². The van der Waals surface area contributed by atoms with E-state index in [0.29, 0.717) is 17.9 Å². The third kappa shape index (κ3) is 2.93. The van der Waals surface area contributed by atoms with Gasteiger partial charge in [-0.25, -0.2) is 4.79 Å². The number of benzene rings is 2. The predicted molar refractivity (Wildman–Crippen MR) is 113 cm³/mol. The molecule has 0 aromatic heterocycles. The summed E-state index contributed by atoms with van der Waals surface area (Å²) in [7, 11) is 0. The monoisotopic (exact) mass is 373 g/mol. The van der Waals surface area contributed by atoms with Crippen molar-refractivity contribution in [2.45, 2.75) is 40.2 Å². The number of hydrogen-bond donors (Lipinski definition) is 0. The molecule has 0 amide bonds. The Balaban J connectivity index is 2.13. The molecule has 5 nitrogen and oxygen atoms in total. The number of hydrogen-bond acceptors (Lipinski definition) is 3. The van der Waals surface area contributed by atoms with Crippen molar-refractivity contribution in [2.75, 3.05) is 0 Å². The second-order valence-corrected chi connectivity index (χ2v) is 7.25. The summed E-state index contributed by atoms with van der Waals surface area (Å²) in [6, 6.07) is 15.8. The van der Waals surface area contributed by atoms with E-state index >= 15 is 0 Å². The average molecular weight is 373 g/mol. The highest BCUT2D eigenvalue weighted by Crippen LogP contribution is 2.28. The Hall–Kier alpha value is -3.21. The first kappa shape index (κ1) is 18.2. The summed E-state index contributed by atoms with van der Waals surface area (Å²) in [5.74, 6) is 0.407. The van der Waals surface area contributed by atoms with Crippen molar-refractivity contribution in [1.29, 1.82) is 0 Å². The van der Waals surface area contributed by atoms with Crippen LogP contribution in [0.15, 0.2) is 58.1 Å². The van der Waals surface area contributed by atoms with Gasteiger partial charge >= 0.3 is 5.69 Å². The Kier molecular flexibility index (Phi) is 4.59. The smallest absolute Gasteiger partial charge is 0.294 e. The normalized spacial score (nSPS) is 11.4. The Bertz CT molecular complexity index is 1270. The summed E-state index contributed by atoms with van der Waals surface area (Å²) in [5, 5.41) is 0.938. The zero-order valence-electron chi connectivity index (χ0n) is 16.4. The number of para-hydroxylation sites is 1. The molecule has 2 aromatic carbocycles. The van der Waals surface area contributed by atoms with Crippen molar-refractivity contribution in [3.63, 3.8) is 0 Å². The van der Waals surface area contributed by atoms with Gasteiger partial charge in [0, 0.05) is 12.2 Å². The molecule has 0 fully saturated rings. The van der Waals surface area contributed by atoms with E-state index in [9.17, 15) is 9.59 Å². The van der Waals surface area contributed by atoms with Gasteiger partial charge < -0.3 is 0 Å². The summed E-state index contributed by atoms with van der Waals surface area (Å²) in [5.41, 5.74) is 3.84. The molecule has 0 saturated heterocycles. The first-order valence-corrected chi connectivity index (χ1v) is 9.64. The van der Waals surface area contributed by atoms with Crippen LogP contribution in [-0.2, 0) is 6.54 Å². The molecule has 2 aliphatic rings. The lowest BCUT2D eigenvalue weighted by Gasteiger charge is -2.19. The van der Waals surface area contributed by atoms with Gasteiger partial charge in [-0.2, -0.15) is 4.98 Å². The third-order valence-electron chi connectivity index (χ3n) is 5.32. The molecular weight excluding hydrogens is 350 g/mol. The van der Waals surface area contributed by atoms with Crippen LogP contribution < -0.4 is 11.2 Å². The third-order valence-corrected chi connectivity index (χ3v) is 5.32. The number of fused-ring (bicyclic) bond motifs is 2. The maximum Gasteiger partial charge on any atom is 0.352 e. The average Bonchev–Trinajstić information content (AvgIpc) is 2.69. The van der Waals surface area contributed by atoms with Crippen molar-refractivity contribution in [3.05, 3.63) is 80.5 Å². The molecular formula is C23H23N3O2. The van der Waals surface area contributed by atoms with E-state index < -0.39 is 5.69 Å². The highest BCUT2D eigenvalue weighted by Gasteiger charge is 2.20. The van der Waals surface area contributed by atoms with E-state index in [4.69, 9.17) is 0 Å². The molecule has 2 heterocycles. The standard InChI is InChI=1S/C23H23N3O2/c1-4-5-12-25-22(27)19-14-17-8-6-7-9-20(17)26(21(19)24-23(25)28)18-11-10-15(2)16(3)13-18/h6-11,13-14H,4-5,12H2,1-3H3. The maximum absolute atomic E-state index is 13.1. The van der Waals surface area contributed by atoms with Crippen LogP contribution in [0.5, 0.6) is 0 Å². The SMILES string of the molecule is CCCCn1c(=O)nc2n(-c3ccc(C)c(C)c3)c3ccccc3cc-2c1=O. The molecule has 4 rings (SSSR count). The lowest BCUT2D eigenvalue weighted by molar-refractivity contribution is 0.582. The minimum Gasteiger partial charge on any atom is -0.294 e. The second-order valence-electron chi connectivity index (χ2n) is 7.25. The van der Waals surface area contributed by atoms with Crippen LogP contribution in [0.3, 0.4) is 0 Å². The minimum atomic E-state index is -0.487. The van der Waals surface area contributed by atoms with Crippen LogP contribution >= 0.6 is 0 Å². The molecule has 0 aliphatic carbocycles. The van der Waals surface area contributed by atoms with Crippen molar-refractivity contribution in [1.82, 2.24) is 14.1 Å². The molecule has 0 saturated carbocycles. The minimum absolute atomic E-state index is 0.271. The largest absolute Gasteiger partial charge is 0.352 e. The lowest BCUT2D eigenvalue weighted by atomic mass is 10.1. The summed E-state index contributed by atoms with van der Waals surface area (Å²) in [6.45, 7) is 6.54. The van der Waals surface area contributed by atoms with Gasteiger partial charge in [-0.15, -0.1) is 0 Å². The predicted octanol–water partition coefficient (Wildman–Crippen LogP) is 4.07. The summed E-state index contributed by atoms with van der Waals surface area (Å²) >= 11 is 0. The van der Waals surface area contributed by atoms with Crippen LogP contribution in [0, 0.1) is 13.8 Å². The van der Waals surface area contributed by atoms with Crippen molar-refractivity contribution >= 4 is 10.9 Å². The molecule has 0 bridgehead atoms. The molecule has 28 heavy (non-hydrogen) atoms. The van der Waals surface area contributed by atoms with E-state index in [0.717, 1.165) is 35.0 Å². The van der Waals surface area contributed by atoms with Crippen LogP contribution in [0.2, 0.25) is 0 Å². The van der Waals surface area contributed by atoms with Gasteiger partial charge in [0.05, 0.1) is 11.1 Å². The molecule has 0 unspecified atom stereocenters. The molecule has 0 spiro atoms. The fourth-order valence-corrected chi connectivity index (χ4v) is 3.56. The summed E-state index contributed by atoms with van der Waals surface area (Å²) < 4.78 is 3.18. The van der Waals surface area contributed by atoms with E-state index in [1.165, 1.54) is 10.1 Å². The maximum atomic E-state index is 13.1. The lowest BCUT2D eigenvalue weighted by Crippen LogP contribution is -2.38. The van der Waals surface area contributed by atoms with Gasteiger partial charge in [0.15, 0.2) is 5.82 Å². The van der Waals surface area contributed by atoms with Gasteiger partial charge in [0.1, 0.15) is 0 Å². The highest BCUT2D eigenvalue weighted by molar-refractivity contribution is 5.87. The zero-order valence-corrected chi connectivity index (χ0v) is 16.4. The molecule has 142 valence electrons. The van der Waals surface area contributed by atoms with Crippen molar-refractivity contribution < 1.29 is 0 Å². The summed E-state index contributed by atoms with van der Waals surface area (Å²) in [4.78, 5) is 30.1. The van der Waals surface area contributed by atoms with E-state index in [2.05, 4.69) is 24.9 Å². The van der Waals surface area contributed by atoms with Gasteiger partial charge in [-0.05, 0) is 61.0 Å². The quantitative estimate of drug-likeness (QED) is 0.507. The fraction of sp³-hybridized carbons (Fsp3) is 0.261.